The number of pyridine rings is 1. The predicted octanol–water partition coefficient (Wildman–Crippen LogP) is 4.22. The molecule has 88 valence electrons. The normalized spacial score (nSPS) is 12.2. The molecule has 0 saturated heterocycles. The van der Waals surface area contributed by atoms with Crippen LogP contribution in [0, 0.1) is 6.92 Å². The summed E-state index contributed by atoms with van der Waals surface area (Å²) in [6.45, 7) is 4.19. The smallest absolute Gasteiger partial charge is 0.0561 e. The molecule has 0 aliphatic carbocycles. The van der Waals surface area contributed by atoms with Crippen molar-refractivity contribution in [2.45, 2.75) is 19.9 Å². The monoisotopic (exact) mass is 246 g/mol. The summed E-state index contributed by atoms with van der Waals surface area (Å²) in [5.74, 6) is 0. The molecule has 0 spiro atoms. The molecule has 1 N–H and O–H groups in total. The van der Waals surface area contributed by atoms with E-state index < -0.39 is 0 Å². The minimum atomic E-state index is 0.232. The first-order chi connectivity index (χ1) is 8.16. The highest BCUT2D eigenvalue weighted by Gasteiger charge is 2.06. The van der Waals surface area contributed by atoms with Crippen molar-refractivity contribution in [2.24, 2.45) is 0 Å². The highest BCUT2D eigenvalue weighted by Crippen LogP contribution is 2.22. The maximum absolute atomic E-state index is 5.87. The third-order valence-electron chi connectivity index (χ3n) is 2.78. The third-order valence-corrected chi connectivity index (χ3v) is 3.03. The van der Waals surface area contributed by atoms with Crippen LogP contribution in [-0.2, 0) is 0 Å². The first kappa shape index (κ1) is 11.9. The summed E-state index contributed by atoms with van der Waals surface area (Å²) in [6.07, 6.45) is 3.65. The molecule has 17 heavy (non-hydrogen) atoms. The van der Waals surface area contributed by atoms with Gasteiger partial charge in [0.2, 0.25) is 0 Å². The molecular weight excluding hydrogens is 232 g/mol. The van der Waals surface area contributed by atoms with Crippen molar-refractivity contribution >= 4 is 17.3 Å². The van der Waals surface area contributed by atoms with Crippen LogP contribution in [-0.4, -0.2) is 4.98 Å². The Kier molecular flexibility index (Phi) is 3.64. The van der Waals surface area contributed by atoms with Gasteiger partial charge in [0.1, 0.15) is 0 Å². The van der Waals surface area contributed by atoms with Crippen molar-refractivity contribution in [3.8, 4) is 0 Å². The van der Waals surface area contributed by atoms with Crippen LogP contribution in [0.3, 0.4) is 0 Å². The van der Waals surface area contributed by atoms with Crippen LogP contribution >= 0.6 is 11.6 Å². The highest BCUT2D eigenvalue weighted by atomic mass is 35.5. The summed E-state index contributed by atoms with van der Waals surface area (Å²) < 4.78 is 0. The van der Waals surface area contributed by atoms with Gasteiger partial charge in [-0.25, -0.2) is 0 Å². The third kappa shape index (κ3) is 2.98. The number of hydrogen-bond donors (Lipinski definition) is 1. The number of hydrogen-bond acceptors (Lipinski definition) is 2. The van der Waals surface area contributed by atoms with Crippen molar-refractivity contribution in [1.82, 2.24) is 4.98 Å². The van der Waals surface area contributed by atoms with Gasteiger partial charge >= 0.3 is 0 Å². The fourth-order valence-electron chi connectivity index (χ4n) is 1.68. The van der Waals surface area contributed by atoms with Crippen LogP contribution in [0.25, 0.3) is 0 Å². The molecule has 0 aliphatic rings. The maximum Gasteiger partial charge on any atom is 0.0561 e. The van der Waals surface area contributed by atoms with Crippen molar-refractivity contribution in [1.29, 1.82) is 0 Å². The minimum Gasteiger partial charge on any atom is -0.377 e. The maximum atomic E-state index is 5.87. The Bertz CT molecular complexity index is 494. The van der Waals surface area contributed by atoms with Gasteiger partial charge in [0, 0.05) is 17.3 Å². The van der Waals surface area contributed by atoms with E-state index in [1.807, 2.05) is 36.5 Å². The summed E-state index contributed by atoms with van der Waals surface area (Å²) in [5, 5.41) is 4.20. The molecule has 2 rings (SSSR count). The average Bonchev–Trinajstić information content (AvgIpc) is 2.33. The van der Waals surface area contributed by atoms with Gasteiger partial charge in [-0.2, -0.15) is 0 Å². The Morgan fingerprint density at radius 3 is 2.53 bits per heavy atom. The lowest BCUT2D eigenvalue weighted by Gasteiger charge is -2.17. The van der Waals surface area contributed by atoms with E-state index in [0.29, 0.717) is 0 Å². The van der Waals surface area contributed by atoms with Gasteiger partial charge in [0.15, 0.2) is 0 Å². The van der Waals surface area contributed by atoms with Gasteiger partial charge in [0.25, 0.3) is 0 Å². The second kappa shape index (κ2) is 5.19. The Labute approximate surface area is 107 Å². The Balaban J connectivity index is 2.14. The van der Waals surface area contributed by atoms with Crippen molar-refractivity contribution in [2.75, 3.05) is 5.32 Å². The molecule has 0 aliphatic heterocycles. The first-order valence-electron chi connectivity index (χ1n) is 5.59. The number of aromatic nitrogens is 1. The number of halogens is 1. The van der Waals surface area contributed by atoms with E-state index in [1.54, 1.807) is 6.20 Å². The topological polar surface area (TPSA) is 24.9 Å². The van der Waals surface area contributed by atoms with Crippen LogP contribution in [0.5, 0.6) is 0 Å². The van der Waals surface area contributed by atoms with Crippen molar-refractivity contribution in [3.63, 3.8) is 0 Å². The number of anilines is 1. The molecule has 1 aromatic carbocycles. The summed E-state index contributed by atoms with van der Waals surface area (Å²) in [6, 6.07) is 10.1. The molecule has 2 aromatic rings. The minimum absolute atomic E-state index is 0.232. The van der Waals surface area contributed by atoms with Gasteiger partial charge in [-0.15, -0.1) is 0 Å². The van der Waals surface area contributed by atoms with Gasteiger partial charge in [0.05, 0.1) is 11.9 Å². The highest BCUT2D eigenvalue weighted by molar-refractivity contribution is 6.30. The van der Waals surface area contributed by atoms with Crippen molar-refractivity contribution < 1.29 is 0 Å². The summed E-state index contributed by atoms with van der Waals surface area (Å²) in [4.78, 5) is 4.12. The summed E-state index contributed by atoms with van der Waals surface area (Å²) in [7, 11) is 0. The summed E-state index contributed by atoms with van der Waals surface area (Å²) in [5.41, 5.74) is 3.47. The average molecular weight is 247 g/mol. The number of benzene rings is 1. The zero-order chi connectivity index (χ0) is 12.3. The summed E-state index contributed by atoms with van der Waals surface area (Å²) >= 11 is 5.87. The fraction of sp³-hybridized carbons (Fsp3) is 0.214. The zero-order valence-electron chi connectivity index (χ0n) is 9.94. The fourth-order valence-corrected chi connectivity index (χ4v) is 1.81. The molecule has 1 heterocycles. The molecule has 0 amide bonds. The number of aryl methyl sites for hydroxylation is 1. The molecule has 1 aromatic heterocycles. The van der Waals surface area contributed by atoms with E-state index in [9.17, 15) is 0 Å². The number of nitrogens with one attached hydrogen (secondary N) is 1. The molecule has 0 fully saturated rings. The SMILES string of the molecule is Cc1ccncc1NC(C)c1ccc(Cl)cc1. The second-order valence-corrected chi connectivity index (χ2v) is 4.54. The van der Waals surface area contributed by atoms with E-state index >= 15 is 0 Å². The molecule has 1 unspecified atom stereocenters. The standard InChI is InChI=1S/C14H15ClN2/c1-10-7-8-16-9-14(10)17-11(2)12-3-5-13(15)6-4-12/h3-9,11,17H,1-2H3. The van der Waals surface area contributed by atoms with E-state index in [0.717, 1.165) is 10.7 Å². The van der Waals surface area contributed by atoms with E-state index in [2.05, 4.69) is 24.1 Å². The van der Waals surface area contributed by atoms with Gasteiger partial charge in [-0.3, -0.25) is 4.98 Å². The molecule has 1 atom stereocenters. The molecule has 2 nitrogen and oxygen atoms in total. The number of rotatable bonds is 3. The van der Waals surface area contributed by atoms with E-state index in [4.69, 9.17) is 11.6 Å². The predicted molar refractivity (Wildman–Crippen MR) is 72.5 cm³/mol. The largest absolute Gasteiger partial charge is 0.377 e. The quantitative estimate of drug-likeness (QED) is 0.877. The Morgan fingerprint density at radius 2 is 1.88 bits per heavy atom. The first-order valence-corrected chi connectivity index (χ1v) is 5.97. The lowest BCUT2D eigenvalue weighted by atomic mass is 10.1. The molecule has 3 heteroatoms. The lowest BCUT2D eigenvalue weighted by Crippen LogP contribution is -2.07. The van der Waals surface area contributed by atoms with Crippen LogP contribution in [0.2, 0.25) is 5.02 Å². The second-order valence-electron chi connectivity index (χ2n) is 4.11. The van der Waals surface area contributed by atoms with Crippen LogP contribution < -0.4 is 5.32 Å². The van der Waals surface area contributed by atoms with Gasteiger partial charge in [-0.1, -0.05) is 23.7 Å². The van der Waals surface area contributed by atoms with Crippen molar-refractivity contribution in [3.05, 3.63) is 58.9 Å². The van der Waals surface area contributed by atoms with E-state index in [-0.39, 0.29) is 6.04 Å². The number of nitrogens with zero attached hydrogens (tertiary/aromatic N) is 1. The Hall–Kier alpha value is -1.54. The van der Waals surface area contributed by atoms with Crippen LogP contribution in [0.15, 0.2) is 42.7 Å². The molecule has 0 radical (unpaired) electrons. The molecular formula is C14H15ClN2. The van der Waals surface area contributed by atoms with Crippen LogP contribution in [0.1, 0.15) is 24.1 Å². The van der Waals surface area contributed by atoms with Gasteiger partial charge in [-0.05, 0) is 43.2 Å². The van der Waals surface area contributed by atoms with Crippen LogP contribution in [0.4, 0.5) is 5.69 Å². The lowest BCUT2D eigenvalue weighted by molar-refractivity contribution is 0.880. The van der Waals surface area contributed by atoms with Gasteiger partial charge < -0.3 is 5.32 Å². The molecule has 0 saturated carbocycles. The zero-order valence-corrected chi connectivity index (χ0v) is 10.7. The Morgan fingerprint density at radius 1 is 1.18 bits per heavy atom. The van der Waals surface area contributed by atoms with E-state index in [1.165, 1.54) is 11.1 Å². The molecule has 0 bridgehead atoms.